The van der Waals surface area contributed by atoms with Crippen LogP contribution in [0.2, 0.25) is 5.02 Å². The van der Waals surface area contributed by atoms with E-state index in [0.29, 0.717) is 53.9 Å². The number of aromatic amines is 1. The number of rotatable bonds is 8. The first-order valence-corrected chi connectivity index (χ1v) is 15.1. The molecule has 3 N–H and O–H groups in total. The maximum atomic E-state index is 13.2. The number of amides is 2. The van der Waals surface area contributed by atoms with Gasteiger partial charge in [0.25, 0.3) is 0 Å². The number of imidazole rings is 1. The number of nitrogens with zero attached hydrogens (tertiary/aromatic N) is 6. The van der Waals surface area contributed by atoms with E-state index in [2.05, 4.69) is 36.1 Å². The minimum atomic E-state index is -0.588. The molecule has 2 aromatic carbocycles. The second-order valence-electron chi connectivity index (χ2n) is 10.5. The van der Waals surface area contributed by atoms with Crippen LogP contribution in [0, 0.1) is 0 Å². The average Bonchev–Trinajstić information content (AvgIpc) is 3.75. The van der Waals surface area contributed by atoms with Crippen LogP contribution in [-0.2, 0) is 25.6 Å². The molecular formula is C31H34ClN9O5. The van der Waals surface area contributed by atoms with Gasteiger partial charge >= 0.3 is 12.1 Å². The van der Waals surface area contributed by atoms with Gasteiger partial charge in [0.2, 0.25) is 5.91 Å². The van der Waals surface area contributed by atoms with E-state index in [1.807, 2.05) is 17.0 Å². The lowest BCUT2D eigenvalue weighted by Gasteiger charge is -2.24. The molecule has 240 valence electrons. The Morgan fingerprint density at radius 3 is 2.83 bits per heavy atom. The van der Waals surface area contributed by atoms with Crippen molar-refractivity contribution in [1.82, 2.24) is 40.4 Å². The number of carbonyl (C=O) groups excluding carboxylic acids is 3. The summed E-state index contributed by atoms with van der Waals surface area (Å²) in [6, 6.07) is 10.3. The average molecular weight is 648 g/mol. The Morgan fingerprint density at radius 1 is 1.17 bits per heavy atom. The Hall–Kier alpha value is -5.08. The first kappa shape index (κ1) is 32.3. The molecule has 3 heterocycles. The molecule has 0 radical (unpaired) electrons. The second-order valence-corrected chi connectivity index (χ2v) is 11.0. The molecule has 0 saturated carbocycles. The van der Waals surface area contributed by atoms with Crippen LogP contribution in [0.15, 0.2) is 55.0 Å². The van der Waals surface area contributed by atoms with Crippen LogP contribution in [0.5, 0.6) is 0 Å². The molecule has 14 nitrogen and oxygen atoms in total. The molecule has 15 heteroatoms. The summed E-state index contributed by atoms with van der Waals surface area (Å²) in [6.45, 7) is 3.22. The van der Waals surface area contributed by atoms with Gasteiger partial charge in [-0.1, -0.05) is 17.7 Å². The summed E-state index contributed by atoms with van der Waals surface area (Å²) < 4.78 is 11.5. The number of halogens is 1. The molecule has 2 bridgehead atoms. The van der Waals surface area contributed by atoms with Crippen molar-refractivity contribution in [1.29, 1.82) is 0 Å². The number of ether oxygens (including phenoxy) is 2. The summed E-state index contributed by atoms with van der Waals surface area (Å²) >= 11 is 6.23. The molecule has 1 atom stereocenters. The van der Waals surface area contributed by atoms with Crippen LogP contribution in [-0.4, -0.2) is 79.9 Å². The molecule has 2 aromatic heterocycles. The van der Waals surface area contributed by atoms with Crippen molar-refractivity contribution in [3.63, 3.8) is 0 Å². The molecule has 0 aliphatic carbocycles. The zero-order chi connectivity index (χ0) is 32.5. The van der Waals surface area contributed by atoms with Crippen LogP contribution in [0.3, 0.4) is 0 Å². The molecule has 0 spiro atoms. The number of carbonyl (C=O) groups is 3. The Bertz CT molecular complexity index is 1710. The van der Waals surface area contributed by atoms with Crippen LogP contribution in [0.25, 0.3) is 23.0 Å². The Morgan fingerprint density at radius 2 is 2.04 bits per heavy atom. The van der Waals surface area contributed by atoms with Gasteiger partial charge in [-0.15, -0.1) is 5.10 Å². The van der Waals surface area contributed by atoms with Gasteiger partial charge in [0, 0.05) is 34.5 Å². The maximum absolute atomic E-state index is 13.2. The monoisotopic (exact) mass is 647 g/mol. The zero-order valence-corrected chi connectivity index (χ0v) is 26.2. The zero-order valence-electron chi connectivity index (χ0n) is 25.4. The molecule has 4 aromatic rings. The summed E-state index contributed by atoms with van der Waals surface area (Å²) in [7, 11) is 1.30. The molecule has 46 heavy (non-hydrogen) atoms. The van der Waals surface area contributed by atoms with E-state index in [0.717, 1.165) is 29.7 Å². The van der Waals surface area contributed by atoms with E-state index in [9.17, 15) is 14.4 Å². The largest absolute Gasteiger partial charge is 0.465 e. The van der Waals surface area contributed by atoms with Gasteiger partial charge in [0.1, 0.15) is 12.2 Å². The van der Waals surface area contributed by atoms with Crippen molar-refractivity contribution in [2.45, 2.75) is 38.8 Å². The lowest BCUT2D eigenvalue weighted by Crippen LogP contribution is -2.32. The Kier molecular flexibility index (Phi) is 10.7. The highest BCUT2D eigenvalue weighted by atomic mass is 35.5. The minimum absolute atomic E-state index is 0.108. The standard InChI is InChI=1S/C31H34ClN9O5/c1-3-46-29(43)18-40-13-5-4-6-25(36-28(42)12-7-20-14-22(32)8-11-27(20)41-19-34-38-39-41)30-33-16-26(37-30)24-10-9-23(15-21(24)17-40)35-31(44)45-2/h7-12,14-16,19,25H,3-6,13,17-18H2,1-2H3,(H,33,37)(H,35,44)(H,36,42)/b12-7+/t25-/m0/s1. The predicted molar refractivity (Wildman–Crippen MR) is 170 cm³/mol. The van der Waals surface area contributed by atoms with E-state index in [1.165, 1.54) is 24.2 Å². The fourth-order valence-electron chi connectivity index (χ4n) is 5.21. The highest BCUT2D eigenvalue weighted by Crippen LogP contribution is 2.30. The van der Waals surface area contributed by atoms with E-state index < -0.39 is 12.1 Å². The minimum Gasteiger partial charge on any atom is -0.465 e. The van der Waals surface area contributed by atoms with Crippen molar-refractivity contribution in [3.8, 4) is 16.9 Å². The van der Waals surface area contributed by atoms with E-state index in [-0.39, 0.29) is 18.4 Å². The summed E-state index contributed by atoms with van der Waals surface area (Å²) in [5, 5.41) is 17.6. The number of hydrogen-bond donors (Lipinski definition) is 3. The molecule has 0 unspecified atom stereocenters. The smallest absolute Gasteiger partial charge is 0.411 e. The topological polar surface area (TPSA) is 169 Å². The highest BCUT2D eigenvalue weighted by molar-refractivity contribution is 6.30. The number of aromatic nitrogens is 6. The lowest BCUT2D eigenvalue weighted by atomic mass is 10.0. The first-order valence-electron chi connectivity index (χ1n) is 14.8. The third-order valence-corrected chi connectivity index (χ3v) is 7.57. The summed E-state index contributed by atoms with van der Waals surface area (Å²) in [5.41, 5.74) is 4.30. The van der Waals surface area contributed by atoms with Gasteiger partial charge < -0.3 is 19.8 Å². The third kappa shape index (κ3) is 8.34. The second kappa shape index (κ2) is 15.3. The van der Waals surface area contributed by atoms with Crippen LogP contribution in [0.1, 0.15) is 49.2 Å². The maximum Gasteiger partial charge on any atom is 0.411 e. The van der Waals surface area contributed by atoms with Crippen molar-refractivity contribution >= 4 is 41.3 Å². The summed E-state index contributed by atoms with van der Waals surface area (Å²) in [5.74, 6) is -0.0234. The molecule has 1 aliphatic heterocycles. The number of anilines is 1. The van der Waals surface area contributed by atoms with Crippen molar-refractivity contribution < 1.29 is 23.9 Å². The normalized spacial score (nSPS) is 15.3. The van der Waals surface area contributed by atoms with Gasteiger partial charge in [-0.05, 0) is 85.1 Å². The fraction of sp³-hybridized carbons (Fsp3) is 0.323. The summed E-state index contributed by atoms with van der Waals surface area (Å²) in [4.78, 5) is 47.6. The van der Waals surface area contributed by atoms with E-state index in [1.54, 1.807) is 43.5 Å². The molecule has 0 saturated heterocycles. The fourth-order valence-corrected chi connectivity index (χ4v) is 5.39. The van der Waals surface area contributed by atoms with Crippen LogP contribution in [0.4, 0.5) is 10.5 Å². The third-order valence-electron chi connectivity index (χ3n) is 7.34. The van der Waals surface area contributed by atoms with Gasteiger partial charge in [-0.3, -0.25) is 19.8 Å². The summed E-state index contributed by atoms with van der Waals surface area (Å²) in [6.07, 6.45) is 7.80. The molecule has 1 aliphatic rings. The number of hydrogen-bond acceptors (Lipinski definition) is 10. The van der Waals surface area contributed by atoms with Gasteiger partial charge in [-0.2, -0.15) is 4.68 Å². The van der Waals surface area contributed by atoms with Crippen LogP contribution >= 0.6 is 11.6 Å². The number of H-pyrrole nitrogens is 1. The number of benzene rings is 2. The number of tetrazole rings is 1. The Labute approximate surface area is 270 Å². The van der Waals surface area contributed by atoms with Crippen molar-refractivity contribution in [3.05, 3.63) is 77.0 Å². The first-order chi connectivity index (χ1) is 22.3. The van der Waals surface area contributed by atoms with E-state index >= 15 is 0 Å². The Balaban J connectivity index is 1.40. The molecule has 5 rings (SSSR count). The highest BCUT2D eigenvalue weighted by Gasteiger charge is 2.22. The quantitative estimate of drug-likeness (QED) is 0.185. The number of fused-ring (bicyclic) bond motifs is 4. The van der Waals surface area contributed by atoms with Crippen molar-refractivity contribution in [2.24, 2.45) is 0 Å². The molecular weight excluding hydrogens is 614 g/mol. The number of esters is 1. The molecule has 0 fully saturated rings. The number of nitrogens with one attached hydrogen (secondary N) is 3. The van der Waals surface area contributed by atoms with Gasteiger partial charge in [0.15, 0.2) is 0 Å². The van der Waals surface area contributed by atoms with Crippen molar-refractivity contribution in [2.75, 3.05) is 32.1 Å². The van der Waals surface area contributed by atoms with Gasteiger partial charge in [-0.25, -0.2) is 9.78 Å². The SMILES string of the molecule is CCOC(=O)CN1CCCC[C@H](NC(=O)/C=C/c2cc(Cl)ccc2-n2cnnn2)c2ncc([nH]2)-c2ccc(NC(=O)OC)cc2C1. The molecule has 2 amide bonds. The van der Waals surface area contributed by atoms with E-state index in [4.69, 9.17) is 21.1 Å². The van der Waals surface area contributed by atoms with Crippen LogP contribution < -0.4 is 10.6 Å². The van der Waals surface area contributed by atoms with Gasteiger partial charge in [0.05, 0.1) is 43.9 Å². The number of methoxy groups -OCH3 is 1. The lowest BCUT2D eigenvalue weighted by molar-refractivity contribution is -0.144. The predicted octanol–water partition coefficient (Wildman–Crippen LogP) is 4.30.